The molecule has 1 unspecified atom stereocenters. The van der Waals surface area contributed by atoms with Gasteiger partial charge in [0.15, 0.2) is 9.84 Å². The van der Waals surface area contributed by atoms with Crippen LogP contribution in [0.15, 0.2) is 18.2 Å². The Morgan fingerprint density at radius 3 is 2.90 bits per heavy atom. The zero-order valence-electron chi connectivity index (χ0n) is 11.9. The highest BCUT2D eigenvalue weighted by Crippen LogP contribution is 2.29. The SMILES string of the molecule is CCS(=O)(=O)CCN1CCOC(c2ccc(F)cc2Cl)C1. The van der Waals surface area contributed by atoms with Crippen molar-refractivity contribution >= 4 is 21.4 Å². The van der Waals surface area contributed by atoms with Gasteiger partial charge in [0.25, 0.3) is 0 Å². The number of benzene rings is 1. The Morgan fingerprint density at radius 2 is 2.24 bits per heavy atom. The normalized spacial score (nSPS) is 20.6. The molecule has 0 radical (unpaired) electrons. The molecule has 0 saturated carbocycles. The zero-order chi connectivity index (χ0) is 15.5. The number of morpholine rings is 1. The second-order valence-corrected chi connectivity index (χ2v) is 7.94. The van der Waals surface area contributed by atoms with Gasteiger partial charge in [0, 0.05) is 36.0 Å². The summed E-state index contributed by atoms with van der Waals surface area (Å²) in [5.41, 5.74) is 0.737. The molecule has 1 fully saturated rings. The summed E-state index contributed by atoms with van der Waals surface area (Å²) >= 11 is 6.05. The number of rotatable bonds is 5. The number of hydrogen-bond donors (Lipinski definition) is 0. The van der Waals surface area contributed by atoms with Crippen molar-refractivity contribution in [3.05, 3.63) is 34.6 Å². The van der Waals surface area contributed by atoms with Crippen molar-refractivity contribution in [2.45, 2.75) is 13.0 Å². The fraction of sp³-hybridized carbons (Fsp3) is 0.571. The van der Waals surface area contributed by atoms with Gasteiger partial charge in [0.05, 0.1) is 18.5 Å². The predicted molar refractivity (Wildman–Crippen MR) is 80.9 cm³/mol. The van der Waals surface area contributed by atoms with Crippen molar-refractivity contribution in [2.75, 3.05) is 37.7 Å². The van der Waals surface area contributed by atoms with Gasteiger partial charge in [-0.3, -0.25) is 4.90 Å². The van der Waals surface area contributed by atoms with Crippen LogP contribution in [-0.2, 0) is 14.6 Å². The Kier molecular flexibility index (Phi) is 5.60. The highest BCUT2D eigenvalue weighted by Gasteiger charge is 2.24. The molecule has 0 aliphatic carbocycles. The van der Waals surface area contributed by atoms with Crippen LogP contribution in [0.2, 0.25) is 5.02 Å². The maximum atomic E-state index is 13.1. The second-order valence-electron chi connectivity index (χ2n) is 5.06. The minimum absolute atomic E-state index is 0.146. The van der Waals surface area contributed by atoms with E-state index in [1.54, 1.807) is 13.0 Å². The predicted octanol–water partition coefficient (Wildman–Crippen LogP) is 2.29. The van der Waals surface area contributed by atoms with Crippen molar-refractivity contribution in [1.82, 2.24) is 4.90 Å². The van der Waals surface area contributed by atoms with Gasteiger partial charge in [-0.25, -0.2) is 12.8 Å². The molecule has 21 heavy (non-hydrogen) atoms. The van der Waals surface area contributed by atoms with Crippen LogP contribution in [0.1, 0.15) is 18.6 Å². The molecule has 1 saturated heterocycles. The first-order valence-corrected chi connectivity index (χ1v) is 9.10. The first-order valence-electron chi connectivity index (χ1n) is 6.90. The molecule has 1 atom stereocenters. The molecule has 1 aromatic rings. The highest BCUT2D eigenvalue weighted by atomic mass is 35.5. The van der Waals surface area contributed by atoms with E-state index in [4.69, 9.17) is 16.3 Å². The molecule has 118 valence electrons. The molecule has 0 amide bonds. The van der Waals surface area contributed by atoms with E-state index in [0.717, 1.165) is 5.56 Å². The molecule has 0 spiro atoms. The number of halogens is 2. The summed E-state index contributed by atoms with van der Waals surface area (Å²) in [6.07, 6.45) is -0.254. The minimum atomic E-state index is -2.97. The maximum absolute atomic E-state index is 13.1. The second kappa shape index (κ2) is 7.05. The Hall–Kier alpha value is -0.690. The lowest BCUT2D eigenvalue weighted by molar-refractivity contribution is -0.0278. The maximum Gasteiger partial charge on any atom is 0.151 e. The lowest BCUT2D eigenvalue weighted by Crippen LogP contribution is -2.41. The molecule has 1 aliphatic heterocycles. The van der Waals surface area contributed by atoms with Gasteiger partial charge >= 0.3 is 0 Å². The average Bonchev–Trinajstić information content (AvgIpc) is 2.46. The van der Waals surface area contributed by atoms with E-state index in [2.05, 4.69) is 0 Å². The Morgan fingerprint density at radius 1 is 1.48 bits per heavy atom. The van der Waals surface area contributed by atoms with E-state index in [1.165, 1.54) is 12.1 Å². The molecular formula is C14H19ClFNO3S. The summed E-state index contributed by atoms with van der Waals surface area (Å²) in [6, 6.07) is 4.24. The van der Waals surface area contributed by atoms with Gasteiger partial charge in [0.1, 0.15) is 5.82 Å². The quantitative estimate of drug-likeness (QED) is 0.828. The van der Waals surface area contributed by atoms with Crippen LogP contribution in [0, 0.1) is 5.82 Å². The molecule has 4 nitrogen and oxygen atoms in total. The summed E-state index contributed by atoms with van der Waals surface area (Å²) in [4.78, 5) is 2.04. The Labute approximate surface area is 129 Å². The molecule has 0 N–H and O–H groups in total. The van der Waals surface area contributed by atoms with E-state index in [0.29, 0.717) is 31.3 Å². The Bertz CT molecular complexity index is 594. The first kappa shape index (κ1) is 16.7. The number of hydrogen-bond acceptors (Lipinski definition) is 4. The summed E-state index contributed by atoms with van der Waals surface area (Å²) in [5.74, 6) is -0.0803. The van der Waals surface area contributed by atoms with Crippen molar-refractivity contribution in [1.29, 1.82) is 0 Å². The highest BCUT2D eigenvalue weighted by molar-refractivity contribution is 7.91. The van der Waals surface area contributed by atoms with E-state index in [1.807, 2.05) is 4.90 Å². The summed E-state index contributed by atoms with van der Waals surface area (Å²) in [7, 11) is -2.97. The third kappa shape index (κ3) is 4.64. The van der Waals surface area contributed by atoms with Gasteiger partial charge < -0.3 is 4.74 Å². The van der Waals surface area contributed by atoms with Crippen molar-refractivity contribution in [3.8, 4) is 0 Å². The van der Waals surface area contributed by atoms with Crippen LogP contribution in [0.5, 0.6) is 0 Å². The standard InChI is InChI=1S/C14H19ClFNO3S/c1-2-21(18,19)8-6-17-5-7-20-14(10-17)12-4-3-11(16)9-13(12)15/h3-4,9,14H,2,5-8,10H2,1H3. The first-order chi connectivity index (χ1) is 9.91. The molecule has 0 bridgehead atoms. The topological polar surface area (TPSA) is 46.6 Å². The van der Waals surface area contributed by atoms with Crippen LogP contribution >= 0.6 is 11.6 Å². The van der Waals surface area contributed by atoms with Gasteiger partial charge in [-0.05, 0) is 12.1 Å². The third-order valence-corrected chi connectivity index (χ3v) is 5.63. The van der Waals surface area contributed by atoms with Crippen LogP contribution in [0.4, 0.5) is 4.39 Å². The van der Waals surface area contributed by atoms with Gasteiger partial charge in [-0.15, -0.1) is 0 Å². The van der Waals surface area contributed by atoms with E-state index in [-0.39, 0.29) is 23.4 Å². The lowest BCUT2D eigenvalue weighted by atomic mass is 10.1. The van der Waals surface area contributed by atoms with Gasteiger partial charge in [-0.2, -0.15) is 0 Å². The van der Waals surface area contributed by atoms with Crippen molar-refractivity contribution < 1.29 is 17.5 Å². The van der Waals surface area contributed by atoms with Crippen LogP contribution in [-0.4, -0.2) is 51.1 Å². The smallest absolute Gasteiger partial charge is 0.151 e. The summed E-state index contributed by atoms with van der Waals surface area (Å²) < 4.78 is 41.9. The minimum Gasteiger partial charge on any atom is -0.371 e. The molecular weight excluding hydrogens is 317 g/mol. The van der Waals surface area contributed by atoms with Crippen LogP contribution in [0.3, 0.4) is 0 Å². The summed E-state index contributed by atoms with van der Waals surface area (Å²) in [5, 5.41) is 0.336. The Balaban J connectivity index is 2.00. The lowest BCUT2D eigenvalue weighted by Gasteiger charge is -2.33. The van der Waals surface area contributed by atoms with Crippen LogP contribution < -0.4 is 0 Å². The fourth-order valence-corrected chi connectivity index (χ4v) is 3.38. The number of ether oxygens (including phenoxy) is 1. The molecule has 7 heteroatoms. The average molecular weight is 336 g/mol. The monoisotopic (exact) mass is 335 g/mol. The molecule has 0 aromatic heterocycles. The fourth-order valence-electron chi connectivity index (χ4n) is 2.27. The zero-order valence-corrected chi connectivity index (χ0v) is 13.5. The third-order valence-electron chi connectivity index (χ3n) is 3.62. The van der Waals surface area contributed by atoms with Crippen LogP contribution in [0.25, 0.3) is 0 Å². The van der Waals surface area contributed by atoms with E-state index in [9.17, 15) is 12.8 Å². The molecule has 1 aromatic carbocycles. The molecule has 2 rings (SSSR count). The number of nitrogens with zero attached hydrogens (tertiary/aromatic N) is 1. The molecule has 1 aliphatic rings. The van der Waals surface area contributed by atoms with Crippen molar-refractivity contribution in [2.24, 2.45) is 0 Å². The van der Waals surface area contributed by atoms with Gasteiger partial charge in [0.2, 0.25) is 0 Å². The van der Waals surface area contributed by atoms with E-state index >= 15 is 0 Å². The summed E-state index contributed by atoms with van der Waals surface area (Å²) in [6.45, 7) is 3.88. The van der Waals surface area contributed by atoms with E-state index < -0.39 is 9.84 Å². The largest absolute Gasteiger partial charge is 0.371 e. The van der Waals surface area contributed by atoms with Gasteiger partial charge in [-0.1, -0.05) is 24.6 Å². The van der Waals surface area contributed by atoms with Crippen molar-refractivity contribution in [3.63, 3.8) is 0 Å². The number of sulfone groups is 1. The molecule has 1 heterocycles.